The van der Waals surface area contributed by atoms with E-state index >= 15 is 0 Å². The summed E-state index contributed by atoms with van der Waals surface area (Å²) in [5, 5.41) is 2.32. The number of rotatable bonds is 7. The maximum atomic E-state index is 12.2. The molecule has 126 valence electrons. The fourth-order valence-corrected chi connectivity index (χ4v) is 3.21. The summed E-state index contributed by atoms with van der Waals surface area (Å²) in [6.07, 6.45) is 1.67. The molecule has 1 aromatic rings. The van der Waals surface area contributed by atoms with Crippen LogP contribution < -0.4 is 15.8 Å². The van der Waals surface area contributed by atoms with Gasteiger partial charge in [-0.1, -0.05) is 0 Å². The van der Waals surface area contributed by atoms with Crippen LogP contribution in [0.25, 0.3) is 0 Å². The summed E-state index contributed by atoms with van der Waals surface area (Å²) in [5.41, 5.74) is 5.17. The molecule has 0 aliphatic carbocycles. The van der Waals surface area contributed by atoms with E-state index in [2.05, 4.69) is 10.0 Å². The van der Waals surface area contributed by atoms with Gasteiger partial charge in [-0.2, -0.15) is 0 Å². The molecule has 9 heteroatoms. The number of ether oxygens (including phenoxy) is 1. The average molecular weight is 341 g/mol. The Balaban J connectivity index is 1.97. The molecule has 1 aromatic carbocycles. The van der Waals surface area contributed by atoms with Gasteiger partial charge in [0, 0.05) is 18.7 Å². The maximum absolute atomic E-state index is 12.2. The quantitative estimate of drug-likeness (QED) is 0.608. The van der Waals surface area contributed by atoms with E-state index in [1.165, 1.54) is 24.3 Å². The summed E-state index contributed by atoms with van der Waals surface area (Å²) in [6.45, 7) is 0.604. The molecule has 1 saturated heterocycles. The molecule has 1 atom stereocenters. The van der Waals surface area contributed by atoms with Crippen LogP contribution in [-0.4, -0.2) is 46.0 Å². The van der Waals surface area contributed by atoms with Crippen molar-refractivity contribution in [2.24, 2.45) is 5.73 Å². The third kappa shape index (κ3) is 5.02. The third-order valence-electron chi connectivity index (χ3n) is 3.37. The van der Waals surface area contributed by atoms with Crippen LogP contribution >= 0.6 is 0 Å². The second-order valence-electron chi connectivity index (χ2n) is 5.16. The molecule has 0 saturated carbocycles. The molecule has 0 spiro atoms. The van der Waals surface area contributed by atoms with E-state index in [4.69, 9.17) is 10.5 Å². The van der Waals surface area contributed by atoms with Crippen LogP contribution in [0, 0.1) is 0 Å². The summed E-state index contributed by atoms with van der Waals surface area (Å²) in [4.78, 5) is 22.4. The largest absolute Gasteiger partial charge is 0.377 e. The minimum atomic E-state index is -3.65. The Morgan fingerprint density at radius 1 is 1.26 bits per heavy atom. The topological polar surface area (TPSA) is 128 Å². The fourth-order valence-electron chi connectivity index (χ4n) is 2.15. The molecule has 2 rings (SSSR count). The molecule has 2 amide bonds. The minimum absolute atomic E-state index is 0.0574. The van der Waals surface area contributed by atoms with Crippen LogP contribution in [0.2, 0.25) is 0 Å². The molecular formula is C14H19N3O5S. The van der Waals surface area contributed by atoms with Crippen LogP contribution in [0.4, 0.5) is 0 Å². The van der Waals surface area contributed by atoms with Crippen molar-refractivity contribution in [3.8, 4) is 0 Å². The molecule has 8 nitrogen and oxygen atoms in total. The van der Waals surface area contributed by atoms with E-state index in [-0.39, 0.29) is 29.7 Å². The number of carbonyl (C=O) groups excluding carboxylic acids is 2. The van der Waals surface area contributed by atoms with Gasteiger partial charge in [0.15, 0.2) is 0 Å². The predicted octanol–water partition coefficient (Wildman–Crippen LogP) is -0.641. The van der Waals surface area contributed by atoms with Gasteiger partial charge in [0.05, 0.1) is 17.5 Å². The first-order valence-electron chi connectivity index (χ1n) is 7.16. The van der Waals surface area contributed by atoms with E-state index in [9.17, 15) is 18.0 Å². The average Bonchev–Trinajstić information content (AvgIpc) is 3.04. The lowest BCUT2D eigenvalue weighted by Gasteiger charge is -2.11. The Labute approximate surface area is 134 Å². The van der Waals surface area contributed by atoms with E-state index in [0.717, 1.165) is 12.8 Å². The van der Waals surface area contributed by atoms with Crippen LogP contribution in [0.15, 0.2) is 29.2 Å². The zero-order valence-electron chi connectivity index (χ0n) is 12.4. The van der Waals surface area contributed by atoms with E-state index < -0.39 is 21.8 Å². The van der Waals surface area contributed by atoms with Crippen LogP contribution in [-0.2, 0) is 19.6 Å². The predicted molar refractivity (Wildman–Crippen MR) is 82.1 cm³/mol. The number of benzene rings is 1. The molecule has 4 N–H and O–H groups in total. The van der Waals surface area contributed by atoms with Gasteiger partial charge in [-0.15, -0.1) is 0 Å². The number of sulfonamides is 1. The molecule has 0 radical (unpaired) electrons. The highest BCUT2D eigenvalue weighted by molar-refractivity contribution is 7.89. The van der Waals surface area contributed by atoms with Gasteiger partial charge in [0.2, 0.25) is 15.9 Å². The lowest BCUT2D eigenvalue weighted by Crippen LogP contribution is -2.33. The van der Waals surface area contributed by atoms with Crippen molar-refractivity contribution in [1.29, 1.82) is 0 Å². The van der Waals surface area contributed by atoms with Crippen molar-refractivity contribution in [2.45, 2.75) is 23.8 Å². The van der Waals surface area contributed by atoms with Gasteiger partial charge in [-0.25, -0.2) is 13.1 Å². The molecule has 0 unspecified atom stereocenters. The fraction of sp³-hybridized carbons (Fsp3) is 0.429. The molecule has 1 heterocycles. The van der Waals surface area contributed by atoms with Crippen LogP contribution in [0.3, 0.4) is 0 Å². The molecule has 1 aliphatic heterocycles. The number of nitrogens with one attached hydrogen (secondary N) is 2. The molecule has 1 fully saturated rings. The first-order chi connectivity index (χ1) is 10.9. The highest BCUT2D eigenvalue weighted by Gasteiger charge is 2.20. The summed E-state index contributed by atoms with van der Waals surface area (Å²) < 4.78 is 32.2. The third-order valence-corrected chi connectivity index (χ3v) is 4.81. The lowest BCUT2D eigenvalue weighted by atomic mass is 10.2. The molecule has 0 aromatic heterocycles. The van der Waals surface area contributed by atoms with Gasteiger partial charge < -0.3 is 15.8 Å². The van der Waals surface area contributed by atoms with E-state index in [1.54, 1.807) is 0 Å². The van der Waals surface area contributed by atoms with Crippen molar-refractivity contribution in [1.82, 2.24) is 10.0 Å². The highest BCUT2D eigenvalue weighted by Crippen LogP contribution is 2.14. The highest BCUT2D eigenvalue weighted by atomic mass is 32.2. The Morgan fingerprint density at radius 2 is 1.96 bits per heavy atom. The van der Waals surface area contributed by atoms with Crippen molar-refractivity contribution in [3.63, 3.8) is 0 Å². The monoisotopic (exact) mass is 341 g/mol. The number of hydrogen-bond donors (Lipinski definition) is 3. The number of primary amides is 1. The smallest absolute Gasteiger partial charge is 0.251 e. The first-order valence-corrected chi connectivity index (χ1v) is 8.64. The van der Waals surface area contributed by atoms with Crippen molar-refractivity contribution in [2.75, 3.05) is 19.7 Å². The Bertz CT molecular complexity index is 666. The zero-order chi connectivity index (χ0) is 16.9. The number of nitrogens with two attached hydrogens (primary N) is 1. The van der Waals surface area contributed by atoms with Crippen LogP contribution in [0.1, 0.15) is 23.2 Å². The lowest BCUT2D eigenvalue weighted by molar-refractivity contribution is -0.117. The van der Waals surface area contributed by atoms with Crippen molar-refractivity contribution < 1.29 is 22.7 Å². The number of carbonyl (C=O) groups is 2. The summed E-state index contributed by atoms with van der Waals surface area (Å²) in [7, 11) is -3.65. The molecule has 23 heavy (non-hydrogen) atoms. The van der Waals surface area contributed by atoms with Crippen molar-refractivity contribution in [3.05, 3.63) is 29.8 Å². The van der Waals surface area contributed by atoms with Gasteiger partial charge in [0.1, 0.15) is 0 Å². The van der Waals surface area contributed by atoms with Gasteiger partial charge >= 0.3 is 0 Å². The van der Waals surface area contributed by atoms with Crippen LogP contribution in [0.5, 0.6) is 0 Å². The Kier molecular flexibility index (Phi) is 5.69. The zero-order valence-corrected chi connectivity index (χ0v) is 13.3. The standard InChI is InChI=1S/C14H19N3O5S/c15-13(18)9-16-14(19)10-3-5-12(6-4-10)23(20,21)17-8-11-2-1-7-22-11/h3-6,11,17H,1-2,7-9H2,(H2,15,18)(H,16,19)/t11-/m0/s1. The first kappa shape index (κ1) is 17.4. The normalized spacial score (nSPS) is 17.8. The second-order valence-corrected chi connectivity index (χ2v) is 6.93. The molecule has 0 bridgehead atoms. The summed E-state index contributed by atoms with van der Waals surface area (Å²) >= 11 is 0. The number of amides is 2. The van der Waals surface area contributed by atoms with Gasteiger partial charge in [0.25, 0.3) is 5.91 Å². The summed E-state index contributed by atoms with van der Waals surface area (Å²) in [5.74, 6) is -1.16. The summed E-state index contributed by atoms with van der Waals surface area (Å²) in [6, 6.07) is 5.40. The van der Waals surface area contributed by atoms with Gasteiger partial charge in [-0.05, 0) is 37.1 Å². The maximum Gasteiger partial charge on any atom is 0.251 e. The van der Waals surface area contributed by atoms with Crippen molar-refractivity contribution >= 4 is 21.8 Å². The number of hydrogen-bond acceptors (Lipinski definition) is 5. The SMILES string of the molecule is NC(=O)CNC(=O)c1ccc(S(=O)(=O)NC[C@@H]2CCCO2)cc1. The van der Waals surface area contributed by atoms with E-state index in [1.807, 2.05) is 0 Å². The molecular weight excluding hydrogens is 322 g/mol. The molecule has 1 aliphatic rings. The Hall–Kier alpha value is -1.97. The minimum Gasteiger partial charge on any atom is -0.377 e. The second kappa shape index (κ2) is 7.53. The van der Waals surface area contributed by atoms with Gasteiger partial charge in [-0.3, -0.25) is 9.59 Å². The van der Waals surface area contributed by atoms with E-state index in [0.29, 0.717) is 6.61 Å². The Morgan fingerprint density at radius 3 is 2.52 bits per heavy atom.